The maximum Gasteiger partial charge on any atom is 0.320 e. The van der Waals surface area contributed by atoms with Crippen molar-refractivity contribution in [3.8, 4) is 5.75 Å². The van der Waals surface area contributed by atoms with Gasteiger partial charge < -0.3 is 13.9 Å². The van der Waals surface area contributed by atoms with Gasteiger partial charge in [0.15, 0.2) is 0 Å². The molecule has 114 valence electrons. The van der Waals surface area contributed by atoms with E-state index in [-0.39, 0.29) is 27.6 Å². The Balaban J connectivity index is 2.91. The fraction of sp³-hybridized carbons (Fsp3) is 0.455. The Hall–Kier alpha value is 0.520. The van der Waals surface area contributed by atoms with Crippen molar-refractivity contribution in [2.24, 2.45) is 5.92 Å². The zero-order valence-corrected chi connectivity index (χ0v) is 15.4. The molecule has 0 aliphatic rings. The van der Waals surface area contributed by atoms with Gasteiger partial charge in [-0.1, -0.05) is 37.0 Å². The molecule has 0 amide bonds. The summed E-state index contributed by atoms with van der Waals surface area (Å²) in [7, 11) is -4.60. The number of phosphoric acid groups is 1. The quantitative estimate of drug-likeness (QED) is 0.370. The SMILES string of the molecule is CC(C)C(CCl)OP(=O)([O-])Oc1cc(Cl)c(Br)cc1Cl. The molecule has 1 rings (SSSR count). The summed E-state index contributed by atoms with van der Waals surface area (Å²) in [5, 5.41) is 0.357. The van der Waals surface area contributed by atoms with Gasteiger partial charge in [-0.25, -0.2) is 0 Å². The van der Waals surface area contributed by atoms with Crippen LogP contribution in [0.4, 0.5) is 0 Å². The Labute approximate surface area is 141 Å². The highest BCUT2D eigenvalue weighted by Crippen LogP contribution is 2.46. The fourth-order valence-electron chi connectivity index (χ4n) is 1.21. The number of phosphoric ester groups is 1. The lowest BCUT2D eigenvalue weighted by atomic mass is 10.1. The Bertz CT molecular complexity index is 527. The molecule has 0 spiro atoms. The van der Waals surface area contributed by atoms with E-state index in [2.05, 4.69) is 15.9 Å². The molecule has 9 heteroatoms. The van der Waals surface area contributed by atoms with Crippen LogP contribution in [0.5, 0.6) is 5.75 Å². The van der Waals surface area contributed by atoms with Crippen LogP contribution in [-0.4, -0.2) is 12.0 Å². The van der Waals surface area contributed by atoms with E-state index in [0.29, 0.717) is 4.47 Å². The molecule has 2 atom stereocenters. The van der Waals surface area contributed by atoms with E-state index >= 15 is 0 Å². The average Bonchev–Trinajstić information content (AvgIpc) is 2.32. The number of benzene rings is 1. The van der Waals surface area contributed by atoms with E-state index < -0.39 is 13.9 Å². The molecule has 0 saturated carbocycles. The first-order valence-corrected chi connectivity index (χ1v) is 9.10. The lowest BCUT2D eigenvalue weighted by molar-refractivity contribution is -0.221. The van der Waals surface area contributed by atoms with Crippen LogP contribution in [0.3, 0.4) is 0 Å². The van der Waals surface area contributed by atoms with Crippen molar-refractivity contribution in [2.75, 3.05) is 5.88 Å². The third-order valence-electron chi connectivity index (χ3n) is 2.35. The van der Waals surface area contributed by atoms with E-state index in [1.165, 1.54) is 12.1 Å². The molecule has 0 bridgehead atoms. The first kappa shape index (κ1) is 18.6. The van der Waals surface area contributed by atoms with Gasteiger partial charge in [0.2, 0.25) is 0 Å². The minimum atomic E-state index is -4.60. The number of hydrogen-bond acceptors (Lipinski definition) is 4. The van der Waals surface area contributed by atoms with Gasteiger partial charge >= 0.3 is 7.82 Å². The van der Waals surface area contributed by atoms with Crippen molar-refractivity contribution in [3.05, 3.63) is 26.7 Å². The van der Waals surface area contributed by atoms with Crippen LogP contribution >= 0.6 is 58.6 Å². The zero-order chi connectivity index (χ0) is 15.5. The van der Waals surface area contributed by atoms with E-state index in [0.717, 1.165) is 0 Å². The Kier molecular flexibility index (Phi) is 7.13. The van der Waals surface area contributed by atoms with Gasteiger partial charge in [0.25, 0.3) is 0 Å². The van der Waals surface area contributed by atoms with Gasteiger partial charge in [-0.2, -0.15) is 0 Å². The molecule has 0 aromatic heterocycles. The number of alkyl halides is 1. The van der Waals surface area contributed by atoms with Crippen molar-refractivity contribution < 1.29 is 18.5 Å². The first-order valence-electron chi connectivity index (χ1n) is 5.56. The summed E-state index contributed by atoms with van der Waals surface area (Å²) in [6.07, 6.45) is -0.676. The average molecular weight is 425 g/mol. The number of hydrogen-bond donors (Lipinski definition) is 0. The third-order valence-corrected chi connectivity index (χ3v) is 5.09. The van der Waals surface area contributed by atoms with Crippen LogP contribution < -0.4 is 9.42 Å². The van der Waals surface area contributed by atoms with Crippen LogP contribution in [0.25, 0.3) is 0 Å². The van der Waals surface area contributed by atoms with Gasteiger partial charge in [0, 0.05) is 16.4 Å². The lowest BCUT2D eigenvalue weighted by Crippen LogP contribution is -2.25. The summed E-state index contributed by atoms with van der Waals surface area (Å²) in [5.41, 5.74) is 0. The zero-order valence-electron chi connectivity index (χ0n) is 10.6. The van der Waals surface area contributed by atoms with Crippen LogP contribution in [0.15, 0.2) is 16.6 Å². The smallest absolute Gasteiger partial charge is 0.320 e. The summed E-state index contributed by atoms with van der Waals surface area (Å²) in [5.74, 6) is -0.153. The largest absolute Gasteiger partial charge is 0.746 e. The molecule has 0 aliphatic carbocycles. The number of rotatable bonds is 6. The molecule has 0 aliphatic heterocycles. The van der Waals surface area contributed by atoms with Crippen molar-refractivity contribution in [1.29, 1.82) is 0 Å². The van der Waals surface area contributed by atoms with Crippen molar-refractivity contribution in [3.63, 3.8) is 0 Å². The third kappa shape index (κ3) is 5.38. The molecular formula is C11H12BrCl3O4P-. The number of halogens is 4. The van der Waals surface area contributed by atoms with Gasteiger partial charge in [-0.15, -0.1) is 11.6 Å². The lowest BCUT2D eigenvalue weighted by Gasteiger charge is -2.29. The summed E-state index contributed by atoms with van der Waals surface area (Å²) < 4.78 is 22.1. The first-order chi connectivity index (χ1) is 9.16. The van der Waals surface area contributed by atoms with Gasteiger partial charge in [0.1, 0.15) is 5.75 Å². The van der Waals surface area contributed by atoms with E-state index in [1.54, 1.807) is 13.8 Å². The molecule has 4 nitrogen and oxygen atoms in total. The molecule has 0 N–H and O–H groups in total. The normalized spacial score (nSPS) is 16.0. The highest BCUT2D eigenvalue weighted by molar-refractivity contribution is 9.10. The van der Waals surface area contributed by atoms with Crippen molar-refractivity contribution >= 4 is 58.6 Å². The maximum atomic E-state index is 11.8. The minimum Gasteiger partial charge on any atom is -0.746 e. The van der Waals surface area contributed by atoms with Gasteiger partial charge in [0.05, 0.1) is 16.1 Å². The summed E-state index contributed by atoms with van der Waals surface area (Å²) in [4.78, 5) is 11.8. The fourth-order valence-corrected chi connectivity index (χ4v) is 3.69. The minimum absolute atomic E-state index is 0.0298. The molecule has 2 unspecified atom stereocenters. The van der Waals surface area contributed by atoms with Gasteiger partial charge in [-0.05, 0) is 27.9 Å². The molecule has 0 heterocycles. The summed E-state index contributed by atoms with van der Waals surface area (Å²) >= 11 is 20.6. The predicted molar refractivity (Wildman–Crippen MR) is 82.8 cm³/mol. The van der Waals surface area contributed by atoms with E-state index in [1.807, 2.05) is 0 Å². The van der Waals surface area contributed by atoms with Crippen molar-refractivity contribution in [1.82, 2.24) is 0 Å². The van der Waals surface area contributed by atoms with Crippen LogP contribution in [-0.2, 0) is 9.09 Å². The Morgan fingerprint density at radius 3 is 2.45 bits per heavy atom. The molecular weight excluding hydrogens is 413 g/mol. The van der Waals surface area contributed by atoms with E-state index in [4.69, 9.17) is 43.9 Å². The molecule has 0 radical (unpaired) electrons. The molecule has 0 fully saturated rings. The van der Waals surface area contributed by atoms with Gasteiger partial charge in [-0.3, -0.25) is 4.57 Å². The van der Waals surface area contributed by atoms with Crippen LogP contribution in [0, 0.1) is 5.92 Å². The second kappa shape index (κ2) is 7.68. The second-order valence-electron chi connectivity index (χ2n) is 4.28. The highest BCUT2D eigenvalue weighted by Gasteiger charge is 2.22. The molecule has 1 aromatic rings. The van der Waals surface area contributed by atoms with Crippen LogP contribution in [0.1, 0.15) is 13.8 Å². The summed E-state index contributed by atoms with van der Waals surface area (Å²) in [6.45, 7) is 3.58. The monoisotopic (exact) mass is 423 g/mol. The predicted octanol–water partition coefficient (Wildman–Crippen LogP) is 4.88. The topological polar surface area (TPSA) is 58.6 Å². The highest BCUT2D eigenvalue weighted by atomic mass is 79.9. The molecule has 1 aromatic carbocycles. The molecule has 20 heavy (non-hydrogen) atoms. The van der Waals surface area contributed by atoms with Crippen molar-refractivity contribution in [2.45, 2.75) is 20.0 Å². The standard InChI is InChI=1S/C11H13BrCl3O4P/c1-6(2)11(5-13)19-20(16,17)18-10-4-8(14)7(12)3-9(10)15/h3-4,6,11H,5H2,1-2H3,(H,16,17)/p-1. The van der Waals surface area contributed by atoms with Crippen LogP contribution in [0.2, 0.25) is 10.0 Å². The van der Waals surface area contributed by atoms with E-state index in [9.17, 15) is 9.46 Å². The Morgan fingerprint density at radius 1 is 1.35 bits per heavy atom. The second-order valence-corrected chi connectivity index (χ2v) is 7.54. The Morgan fingerprint density at radius 2 is 1.95 bits per heavy atom. The maximum absolute atomic E-state index is 11.8. The summed E-state index contributed by atoms with van der Waals surface area (Å²) in [6, 6.07) is 2.72. The molecule has 0 saturated heterocycles.